The average molecular weight is 313 g/mol. The van der Waals surface area contributed by atoms with Crippen LogP contribution in [0.2, 0.25) is 0 Å². The number of hydrogen-bond acceptors (Lipinski definition) is 4. The van der Waals surface area contributed by atoms with Crippen molar-refractivity contribution in [1.82, 2.24) is 9.71 Å². The van der Waals surface area contributed by atoms with Crippen LogP contribution in [-0.4, -0.2) is 13.4 Å². The van der Waals surface area contributed by atoms with Crippen LogP contribution in [0.3, 0.4) is 0 Å². The van der Waals surface area contributed by atoms with Gasteiger partial charge in [0.2, 0.25) is 10.0 Å². The van der Waals surface area contributed by atoms with Gasteiger partial charge in [-0.2, -0.15) is 0 Å². The Morgan fingerprint density at radius 2 is 1.95 bits per heavy atom. The van der Waals surface area contributed by atoms with Gasteiger partial charge < -0.3 is 5.73 Å². The normalized spacial score (nSPS) is 11.6. The monoisotopic (exact) mass is 313 g/mol. The third-order valence-corrected chi connectivity index (χ3v) is 4.15. The van der Waals surface area contributed by atoms with Crippen molar-refractivity contribution in [1.29, 1.82) is 0 Å². The minimum Gasteiger partial charge on any atom is -0.396 e. The van der Waals surface area contributed by atoms with Crippen molar-refractivity contribution < 1.29 is 17.2 Å². The third-order valence-electron chi connectivity index (χ3n) is 2.73. The molecule has 0 spiro atoms. The van der Waals surface area contributed by atoms with E-state index in [0.29, 0.717) is 11.8 Å². The van der Waals surface area contributed by atoms with Gasteiger partial charge in [-0.15, -0.1) is 0 Å². The maximum atomic E-state index is 13.6. The molecule has 0 amide bonds. The maximum absolute atomic E-state index is 13.6. The van der Waals surface area contributed by atoms with Gasteiger partial charge >= 0.3 is 0 Å². The molecule has 0 saturated carbocycles. The van der Waals surface area contributed by atoms with E-state index in [1.54, 1.807) is 25.1 Å². The fourth-order valence-electron chi connectivity index (χ4n) is 1.70. The molecule has 2 aromatic rings. The number of nitrogens with zero attached hydrogens (tertiary/aromatic N) is 1. The first kappa shape index (κ1) is 15.3. The van der Waals surface area contributed by atoms with Gasteiger partial charge in [0, 0.05) is 11.8 Å². The molecule has 5 nitrogen and oxygen atoms in total. The Hall–Kier alpha value is -2.06. The van der Waals surface area contributed by atoms with Gasteiger partial charge in [0.15, 0.2) is 0 Å². The predicted molar refractivity (Wildman–Crippen MR) is 73.8 cm³/mol. The standard InChI is InChI=1S/C13H13F2N3O2S/c1-8-3-2-4-9(18-8)7-17-21(19,20)13-6-12(16)10(14)5-11(13)15/h2-6,17H,7,16H2,1H3. The summed E-state index contributed by atoms with van der Waals surface area (Å²) in [6, 6.07) is 6.30. The average Bonchev–Trinajstić information content (AvgIpc) is 2.41. The summed E-state index contributed by atoms with van der Waals surface area (Å²) in [5.41, 5.74) is 6.03. The number of nitrogen functional groups attached to an aromatic ring is 1. The molecule has 0 fully saturated rings. The van der Waals surface area contributed by atoms with Crippen LogP contribution in [0, 0.1) is 18.6 Å². The number of benzene rings is 1. The molecule has 0 radical (unpaired) electrons. The first-order valence-corrected chi connectivity index (χ1v) is 7.44. The molecule has 1 aromatic heterocycles. The first-order chi connectivity index (χ1) is 9.79. The molecule has 0 unspecified atom stereocenters. The highest BCUT2D eigenvalue weighted by Gasteiger charge is 2.21. The molecule has 1 aromatic carbocycles. The molecule has 112 valence electrons. The molecule has 0 bridgehead atoms. The van der Waals surface area contributed by atoms with Crippen LogP contribution in [0.4, 0.5) is 14.5 Å². The molecule has 3 N–H and O–H groups in total. The molecule has 8 heteroatoms. The number of pyridine rings is 1. The van der Waals surface area contributed by atoms with Crippen LogP contribution in [0.1, 0.15) is 11.4 Å². The van der Waals surface area contributed by atoms with Crippen molar-refractivity contribution in [3.63, 3.8) is 0 Å². The highest BCUT2D eigenvalue weighted by atomic mass is 32.2. The summed E-state index contributed by atoms with van der Waals surface area (Å²) in [5.74, 6) is -2.21. The summed E-state index contributed by atoms with van der Waals surface area (Å²) in [7, 11) is -4.15. The van der Waals surface area contributed by atoms with Crippen LogP contribution in [0.5, 0.6) is 0 Å². The lowest BCUT2D eigenvalue weighted by Gasteiger charge is -2.09. The zero-order chi connectivity index (χ0) is 15.6. The number of sulfonamides is 1. The Kier molecular flexibility index (Phi) is 4.19. The van der Waals surface area contributed by atoms with Crippen LogP contribution in [-0.2, 0) is 16.6 Å². The minimum atomic E-state index is -4.15. The second kappa shape index (κ2) is 5.74. The zero-order valence-electron chi connectivity index (χ0n) is 11.1. The molecule has 0 atom stereocenters. The molecule has 21 heavy (non-hydrogen) atoms. The minimum absolute atomic E-state index is 0.110. The van der Waals surface area contributed by atoms with Crippen molar-refractivity contribution in [2.45, 2.75) is 18.4 Å². The number of rotatable bonds is 4. The molecular formula is C13H13F2N3O2S. The number of hydrogen-bond donors (Lipinski definition) is 2. The molecule has 0 saturated heterocycles. The highest BCUT2D eigenvalue weighted by molar-refractivity contribution is 7.89. The SMILES string of the molecule is Cc1cccc(CNS(=O)(=O)c2cc(N)c(F)cc2F)n1. The summed E-state index contributed by atoms with van der Waals surface area (Å²) in [4.78, 5) is 3.42. The number of anilines is 1. The highest BCUT2D eigenvalue weighted by Crippen LogP contribution is 2.20. The van der Waals surface area contributed by atoms with Crippen LogP contribution < -0.4 is 10.5 Å². The molecule has 1 heterocycles. The van der Waals surface area contributed by atoms with Crippen molar-refractivity contribution in [3.8, 4) is 0 Å². The Morgan fingerprint density at radius 3 is 2.62 bits per heavy atom. The van der Waals surface area contributed by atoms with E-state index in [1.165, 1.54) is 0 Å². The van der Waals surface area contributed by atoms with E-state index in [1.807, 2.05) is 0 Å². The largest absolute Gasteiger partial charge is 0.396 e. The van der Waals surface area contributed by atoms with Gasteiger partial charge in [0.1, 0.15) is 16.5 Å². The van der Waals surface area contributed by atoms with E-state index in [2.05, 4.69) is 9.71 Å². The lowest BCUT2D eigenvalue weighted by Crippen LogP contribution is -2.25. The van der Waals surface area contributed by atoms with Crippen LogP contribution in [0.25, 0.3) is 0 Å². The first-order valence-electron chi connectivity index (χ1n) is 5.96. The number of nitrogens with one attached hydrogen (secondary N) is 1. The smallest absolute Gasteiger partial charge is 0.243 e. The summed E-state index contributed by atoms with van der Waals surface area (Å²) >= 11 is 0. The number of nitrogens with two attached hydrogens (primary N) is 1. The van der Waals surface area contributed by atoms with Gasteiger partial charge in [0.25, 0.3) is 0 Å². The summed E-state index contributed by atoms with van der Waals surface area (Å²) in [6.07, 6.45) is 0. The summed E-state index contributed by atoms with van der Waals surface area (Å²) < 4.78 is 52.9. The van der Waals surface area contributed by atoms with E-state index in [0.717, 1.165) is 11.8 Å². The van der Waals surface area contributed by atoms with Gasteiger partial charge in [-0.1, -0.05) is 6.07 Å². The molecule has 0 aliphatic heterocycles. The number of aryl methyl sites for hydroxylation is 1. The van der Waals surface area contributed by atoms with Gasteiger partial charge in [-0.25, -0.2) is 21.9 Å². The molecule has 0 aliphatic rings. The molecule has 0 aliphatic carbocycles. The fourth-order valence-corrected chi connectivity index (χ4v) is 2.79. The van der Waals surface area contributed by atoms with Crippen molar-refractivity contribution in [3.05, 3.63) is 53.4 Å². The number of halogens is 2. The van der Waals surface area contributed by atoms with Gasteiger partial charge in [-0.3, -0.25) is 4.98 Å². The summed E-state index contributed by atoms with van der Waals surface area (Å²) in [6.45, 7) is 1.65. The van der Waals surface area contributed by atoms with E-state index in [9.17, 15) is 17.2 Å². The zero-order valence-corrected chi connectivity index (χ0v) is 11.9. The van der Waals surface area contributed by atoms with Crippen molar-refractivity contribution in [2.75, 3.05) is 5.73 Å². The Balaban J connectivity index is 2.25. The van der Waals surface area contributed by atoms with Crippen LogP contribution in [0.15, 0.2) is 35.2 Å². The third kappa shape index (κ3) is 3.53. The second-order valence-corrected chi connectivity index (χ2v) is 6.13. The fraction of sp³-hybridized carbons (Fsp3) is 0.154. The lowest BCUT2D eigenvalue weighted by atomic mass is 10.3. The van der Waals surface area contributed by atoms with Crippen molar-refractivity contribution in [2.24, 2.45) is 0 Å². The van der Waals surface area contributed by atoms with E-state index in [-0.39, 0.29) is 6.54 Å². The Labute approximate surface area is 120 Å². The molecular weight excluding hydrogens is 300 g/mol. The summed E-state index contributed by atoms with van der Waals surface area (Å²) in [5, 5.41) is 0. The lowest BCUT2D eigenvalue weighted by molar-refractivity contribution is 0.544. The Morgan fingerprint density at radius 1 is 1.24 bits per heavy atom. The van der Waals surface area contributed by atoms with E-state index >= 15 is 0 Å². The quantitative estimate of drug-likeness (QED) is 0.842. The van der Waals surface area contributed by atoms with Gasteiger partial charge in [0.05, 0.1) is 17.9 Å². The van der Waals surface area contributed by atoms with Crippen LogP contribution >= 0.6 is 0 Å². The van der Waals surface area contributed by atoms with E-state index in [4.69, 9.17) is 5.73 Å². The van der Waals surface area contributed by atoms with Gasteiger partial charge in [-0.05, 0) is 25.1 Å². The topological polar surface area (TPSA) is 85.1 Å². The predicted octanol–water partition coefficient (Wildman–Crippen LogP) is 1.73. The van der Waals surface area contributed by atoms with E-state index < -0.39 is 32.2 Å². The maximum Gasteiger partial charge on any atom is 0.243 e. The molecule has 2 rings (SSSR count). The Bertz CT molecular complexity index is 779. The second-order valence-electron chi connectivity index (χ2n) is 4.40. The van der Waals surface area contributed by atoms with Crippen molar-refractivity contribution >= 4 is 15.7 Å². The number of aromatic nitrogens is 1.